The number of nitrogens with one attached hydrogen (secondary N) is 1. The Hall–Kier alpha value is -2.30. The minimum Gasteiger partial charge on any atom is -0.478 e. The Morgan fingerprint density at radius 1 is 1.37 bits per heavy atom. The fourth-order valence-corrected chi connectivity index (χ4v) is 1.89. The maximum atomic E-state index is 11.1. The van der Waals surface area contributed by atoms with Crippen LogP contribution in [0.25, 0.3) is 0 Å². The van der Waals surface area contributed by atoms with Gasteiger partial charge in [-0.2, -0.15) is 5.10 Å². The molecule has 1 aromatic heterocycles. The van der Waals surface area contributed by atoms with E-state index < -0.39 is 5.97 Å². The van der Waals surface area contributed by atoms with Crippen molar-refractivity contribution in [2.45, 2.75) is 20.4 Å². The van der Waals surface area contributed by atoms with Crippen molar-refractivity contribution in [3.05, 3.63) is 46.8 Å². The van der Waals surface area contributed by atoms with Gasteiger partial charge in [-0.25, -0.2) is 4.79 Å². The van der Waals surface area contributed by atoms with Crippen LogP contribution in [0.15, 0.2) is 24.4 Å². The second-order valence-electron chi connectivity index (χ2n) is 4.59. The van der Waals surface area contributed by atoms with Gasteiger partial charge in [0, 0.05) is 12.7 Å². The van der Waals surface area contributed by atoms with Gasteiger partial charge in [0.15, 0.2) is 0 Å². The number of hydrogen-bond donors (Lipinski definition) is 2. The summed E-state index contributed by atoms with van der Waals surface area (Å²) < 4.78 is 1.58. The highest BCUT2D eigenvalue weighted by molar-refractivity contribution is 5.88. The maximum absolute atomic E-state index is 11.1. The summed E-state index contributed by atoms with van der Waals surface area (Å²) >= 11 is 0. The van der Waals surface area contributed by atoms with Crippen molar-refractivity contribution in [2.75, 3.05) is 5.32 Å². The first-order valence-electron chi connectivity index (χ1n) is 6.04. The van der Waals surface area contributed by atoms with Gasteiger partial charge < -0.3 is 10.4 Å². The van der Waals surface area contributed by atoms with Crippen molar-refractivity contribution < 1.29 is 9.90 Å². The molecule has 19 heavy (non-hydrogen) atoms. The van der Waals surface area contributed by atoms with Crippen LogP contribution in [-0.4, -0.2) is 20.9 Å². The van der Waals surface area contributed by atoms with Gasteiger partial charge in [-0.05, 0) is 37.1 Å². The Morgan fingerprint density at radius 2 is 2.11 bits per heavy atom. The zero-order valence-electron chi connectivity index (χ0n) is 11.3. The van der Waals surface area contributed by atoms with Gasteiger partial charge in [-0.15, -0.1) is 0 Å². The average Bonchev–Trinajstić information content (AvgIpc) is 2.72. The normalized spacial score (nSPS) is 10.5. The Labute approximate surface area is 111 Å². The molecular formula is C14H17N3O2. The Kier molecular flexibility index (Phi) is 3.55. The molecule has 1 heterocycles. The monoisotopic (exact) mass is 259 g/mol. The zero-order valence-corrected chi connectivity index (χ0v) is 11.3. The molecule has 2 aromatic rings. The highest BCUT2D eigenvalue weighted by Crippen LogP contribution is 2.16. The van der Waals surface area contributed by atoms with Gasteiger partial charge >= 0.3 is 5.97 Å². The Balaban J connectivity index is 2.16. The Morgan fingerprint density at radius 3 is 2.74 bits per heavy atom. The van der Waals surface area contributed by atoms with Crippen molar-refractivity contribution in [1.29, 1.82) is 0 Å². The first kappa shape index (κ1) is 13.1. The van der Waals surface area contributed by atoms with Crippen molar-refractivity contribution in [3.63, 3.8) is 0 Å². The van der Waals surface area contributed by atoms with Crippen LogP contribution in [0, 0.1) is 13.8 Å². The molecule has 1 aromatic carbocycles. The van der Waals surface area contributed by atoms with Crippen LogP contribution < -0.4 is 5.32 Å². The SMILES string of the molecule is Cc1ccc(NCc2c(C(=O)O)cnn2C)cc1C. The summed E-state index contributed by atoms with van der Waals surface area (Å²) in [5.41, 5.74) is 4.30. The number of aryl methyl sites for hydroxylation is 3. The summed E-state index contributed by atoms with van der Waals surface area (Å²) in [6, 6.07) is 6.07. The van der Waals surface area contributed by atoms with Crippen LogP contribution in [-0.2, 0) is 13.6 Å². The molecule has 2 N–H and O–H groups in total. The number of aromatic nitrogens is 2. The molecule has 0 radical (unpaired) electrons. The van der Waals surface area contributed by atoms with Crippen LogP contribution in [0.1, 0.15) is 27.2 Å². The van der Waals surface area contributed by atoms with E-state index in [1.165, 1.54) is 17.3 Å². The minimum atomic E-state index is -0.954. The second kappa shape index (κ2) is 5.14. The standard InChI is InChI=1S/C14H17N3O2/c1-9-4-5-11(6-10(9)2)15-8-13-12(14(18)19)7-16-17(13)3/h4-7,15H,8H2,1-3H3,(H,18,19). The molecule has 0 bridgehead atoms. The van der Waals surface area contributed by atoms with E-state index >= 15 is 0 Å². The molecule has 0 aliphatic carbocycles. The van der Waals surface area contributed by atoms with E-state index in [0.29, 0.717) is 12.2 Å². The van der Waals surface area contributed by atoms with E-state index in [2.05, 4.69) is 17.3 Å². The number of aromatic carboxylic acids is 1. The lowest BCUT2D eigenvalue weighted by atomic mass is 10.1. The third-order valence-electron chi connectivity index (χ3n) is 3.26. The van der Waals surface area contributed by atoms with E-state index in [4.69, 9.17) is 5.11 Å². The lowest BCUT2D eigenvalue weighted by molar-refractivity contribution is 0.0695. The average molecular weight is 259 g/mol. The van der Waals surface area contributed by atoms with E-state index in [0.717, 1.165) is 5.69 Å². The molecule has 0 aliphatic rings. The van der Waals surface area contributed by atoms with E-state index in [9.17, 15) is 4.79 Å². The molecule has 0 aliphatic heterocycles. The quantitative estimate of drug-likeness (QED) is 0.884. The van der Waals surface area contributed by atoms with Crippen molar-refractivity contribution >= 4 is 11.7 Å². The number of hydrogen-bond acceptors (Lipinski definition) is 3. The molecule has 5 heteroatoms. The van der Waals surface area contributed by atoms with Gasteiger partial charge in [-0.3, -0.25) is 4.68 Å². The van der Waals surface area contributed by atoms with Crippen LogP contribution in [0.3, 0.4) is 0 Å². The topological polar surface area (TPSA) is 67.2 Å². The van der Waals surface area contributed by atoms with Crippen LogP contribution >= 0.6 is 0 Å². The summed E-state index contributed by atoms with van der Waals surface area (Å²) in [4.78, 5) is 11.1. The highest BCUT2D eigenvalue weighted by atomic mass is 16.4. The van der Waals surface area contributed by atoms with Gasteiger partial charge in [0.25, 0.3) is 0 Å². The lowest BCUT2D eigenvalue weighted by Gasteiger charge is -2.09. The highest BCUT2D eigenvalue weighted by Gasteiger charge is 2.14. The summed E-state index contributed by atoms with van der Waals surface area (Å²) in [7, 11) is 1.74. The third-order valence-corrected chi connectivity index (χ3v) is 3.26. The summed E-state index contributed by atoms with van der Waals surface area (Å²) in [5, 5.41) is 16.3. The number of carbonyl (C=O) groups is 1. The molecule has 0 spiro atoms. The number of rotatable bonds is 4. The first-order chi connectivity index (χ1) is 8.99. The molecule has 100 valence electrons. The molecule has 0 unspecified atom stereocenters. The van der Waals surface area contributed by atoms with Gasteiger partial charge in [0.2, 0.25) is 0 Å². The Bertz CT molecular complexity index is 617. The molecule has 0 saturated heterocycles. The van der Waals surface area contributed by atoms with Crippen LogP contribution in [0.5, 0.6) is 0 Å². The van der Waals surface area contributed by atoms with Crippen LogP contribution in [0.2, 0.25) is 0 Å². The predicted octanol–water partition coefficient (Wildman–Crippen LogP) is 2.35. The van der Waals surface area contributed by atoms with E-state index in [-0.39, 0.29) is 5.56 Å². The third kappa shape index (κ3) is 2.76. The molecular weight excluding hydrogens is 242 g/mol. The summed E-state index contributed by atoms with van der Waals surface area (Å²) in [6.07, 6.45) is 1.37. The molecule has 0 fully saturated rings. The largest absolute Gasteiger partial charge is 0.478 e. The smallest absolute Gasteiger partial charge is 0.339 e. The fraction of sp³-hybridized carbons (Fsp3) is 0.286. The van der Waals surface area contributed by atoms with Gasteiger partial charge in [-0.1, -0.05) is 6.07 Å². The molecule has 0 amide bonds. The molecule has 2 rings (SSSR count). The first-order valence-corrected chi connectivity index (χ1v) is 6.04. The summed E-state index contributed by atoms with van der Waals surface area (Å²) in [6.45, 7) is 4.54. The van der Waals surface area contributed by atoms with Crippen molar-refractivity contribution in [2.24, 2.45) is 7.05 Å². The summed E-state index contributed by atoms with van der Waals surface area (Å²) in [5.74, 6) is -0.954. The number of benzene rings is 1. The number of carboxylic acids is 1. The number of anilines is 1. The van der Waals surface area contributed by atoms with Crippen LogP contribution in [0.4, 0.5) is 5.69 Å². The van der Waals surface area contributed by atoms with Crippen molar-refractivity contribution in [3.8, 4) is 0 Å². The minimum absolute atomic E-state index is 0.235. The number of carboxylic acid groups (broad SMARTS) is 1. The van der Waals surface area contributed by atoms with Gasteiger partial charge in [0.1, 0.15) is 5.56 Å². The molecule has 0 atom stereocenters. The number of nitrogens with zero attached hydrogens (tertiary/aromatic N) is 2. The van der Waals surface area contributed by atoms with E-state index in [1.807, 2.05) is 25.1 Å². The zero-order chi connectivity index (χ0) is 14.0. The second-order valence-corrected chi connectivity index (χ2v) is 4.59. The lowest BCUT2D eigenvalue weighted by Crippen LogP contribution is -2.10. The van der Waals surface area contributed by atoms with Gasteiger partial charge in [0.05, 0.1) is 18.4 Å². The maximum Gasteiger partial charge on any atom is 0.339 e. The van der Waals surface area contributed by atoms with E-state index in [1.54, 1.807) is 11.7 Å². The molecule has 0 saturated carbocycles. The van der Waals surface area contributed by atoms with Crippen molar-refractivity contribution in [1.82, 2.24) is 9.78 Å². The fourth-order valence-electron chi connectivity index (χ4n) is 1.89. The predicted molar refractivity (Wildman–Crippen MR) is 73.4 cm³/mol. The molecule has 5 nitrogen and oxygen atoms in total.